The van der Waals surface area contributed by atoms with Crippen LogP contribution in [0.1, 0.15) is 20.3 Å². The highest BCUT2D eigenvalue weighted by Crippen LogP contribution is 2.32. The van der Waals surface area contributed by atoms with E-state index in [9.17, 15) is 18.0 Å². The zero-order chi connectivity index (χ0) is 17.8. The highest BCUT2D eigenvalue weighted by Gasteiger charge is 2.44. The number of morpholine rings is 1. The molecule has 3 unspecified atom stereocenters. The van der Waals surface area contributed by atoms with Crippen LogP contribution in [0.5, 0.6) is 0 Å². The third kappa shape index (κ3) is 5.98. The van der Waals surface area contributed by atoms with Gasteiger partial charge in [0.1, 0.15) is 0 Å². The first-order valence-electron chi connectivity index (χ1n) is 7.44. The van der Waals surface area contributed by atoms with Gasteiger partial charge in [0, 0.05) is 26.7 Å². The molecule has 1 amide bonds. The topological polar surface area (TPSA) is 78.9 Å². The Morgan fingerprint density at radius 1 is 1.35 bits per heavy atom. The van der Waals surface area contributed by atoms with E-state index < -0.39 is 12.1 Å². The molecule has 2 aliphatic heterocycles. The molecule has 2 bridgehead atoms. The Labute approximate surface area is 133 Å². The number of nitrogens with one attached hydrogen (secondary N) is 1. The van der Waals surface area contributed by atoms with E-state index >= 15 is 0 Å². The zero-order valence-corrected chi connectivity index (χ0v) is 13.4. The van der Waals surface area contributed by atoms with Gasteiger partial charge in [-0.25, -0.2) is 4.79 Å². The number of hydrogen-bond donors (Lipinski definition) is 2. The van der Waals surface area contributed by atoms with Gasteiger partial charge in [0.25, 0.3) is 0 Å². The van der Waals surface area contributed by atoms with E-state index in [1.54, 1.807) is 7.05 Å². The summed E-state index contributed by atoms with van der Waals surface area (Å²) in [5.74, 6) is -1.88. The van der Waals surface area contributed by atoms with Gasteiger partial charge in [0.05, 0.1) is 18.1 Å². The summed E-state index contributed by atoms with van der Waals surface area (Å²) in [7, 11) is 1.70. The molecule has 0 radical (unpaired) electrons. The first-order chi connectivity index (χ1) is 10.5. The van der Waals surface area contributed by atoms with Crippen molar-refractivity contribution in [2.45, 2.75) is 38.7 Å². The van der Waals surface area contributed by atoms with Gasteiger partial charge >= 0.3 is 12.1 Å². The van der Waals surface area contributed by atoms with Gasteiger partial charge in [-0.05, 0) is 12.3 Å². The second-order valence-corrected chi connectivity index (χ2v) is 6.17. The number of nitrogens with zero attached hydrogens (tertiary/aromatic N) is 1. The van der Waals surface area contributed by atoms with Gasteiger partial charge in [-0.15, -0.1) is 0 Å². The van der Waals surface area contributed by atoms with Crippen LogP contribution in [-0.4, -0.2) is 66.9 Å². The number of likely N-dealkylation sites (tertiary alicyclic amines) is 1. The van der Waals surface area contributed by atoms with Crippen LogP contribution in [0.4, 0.5) is 13.2 Å². The third-order valence-electron chi connectivity index (χ3n) is 3.68. The molecule has 2 saturated heterocycles. The summed E-state index contributed by atoms with van der Waals surface area (Å²) >= 11 is 0. The number of hydrogen-bond acceptors (Lipinski definition) is 4. The predicted octanol–water partition coefficient (Wildman–Crippen LogP) is 1.11. The maximum absolute atomic E-state index is 11.7. The smallest absolute Gasteiger partial charge is 0.475 e. The molecule has 134 valence electrons. The number of carboxylic acid groups (broad SMARTS) is 1. The Morgan fingerprint density at radius 2 is 1.91 bits per heavy atom. The third-order valence-corrected chi connectivity index (χ3v) is 3.68. The molecule has 0 aromatic carbocycles. The minimum atomic E-state index is -5.08. The summed E-state index contributed by atoms with van der Waals surface area (Å²) in [5.41, 5.74) is 0. The normalized spacial score (nSPS) is 27.3. The molecular weight excluding hydrogens is 317 g/mol. The fourth-order valence-electron chi connectivity index (χ4n) is 2.86. The van der Waals surface area contributed by atoms with Crippen molar-refractivity contribution in [1.82, 2.24) is 10.2 Å². The Balaban J connectivity index is 0.000000322. The fraction of sp³-hybridized carbons (Fsp3) is 0.857. The average Bonchev–Trinajstić information content (AvgIpc) is 2.72. The number of rotatable bonds is 3. The van der Waals surface area contributed by atoms with Crippen LogP contribution in [0.15, 0.2) is 0 Å². The number of ether oxygens (including phenoxy) is 1. The molecule has 9 heteroatoms. The quantitative estimate of drug-likeness (QED) is 0.805. The van der Waals surface area contributed by atoms with Crippen molar-refractivity contribution in [3.05, 3.63) is 0 Å². The highest BCUT2D eigenvalue weighted by molar-refractivity contribution is 5.79. The van der Waals surface area contributed by atoms with E-state index in [1.807, 2.05) is 0 Å². The Kier molecular flexibility index (Phi) is 6.82. The molecule has 2 N–H and O–H groups in total. The molecule has 3 atom stereocenters. The molecule has 0 saturated carbocycles. The first-order valence-corrected chi connectivity index (χ1v) is 7.44. The summed E-state index contributed by atoms with van der Waals surface area (Å²) < 4.78 is 37.6. The van der Waals surface area contributed by atoms with E-state index in [1.165, 1.54) is 0 Å². The molecule has 0 aromatic rings. The molecule has 2 rings (SSSR count). The summed E-state index contributed by atoms with van der Waals surface area (Å²) in [5, 5.41) is 9.86. The Morgan fingerprint density at radius 3 is 2.35 bits per heavy atom. The van der Waals surface area contributed by atoms with Crippen LogP contribution in [0, 0.1) is 11.8 Å². The van der Waals surface area contributed by atoms with Crippen molar-refractivity contribution in [3.63, 3.8) is 0 Å². The maximum Gasteiger partial charge on any atom is 0.490 e. The van der Waals surface area contributed by atoms with Crippen LogP contribution in [0.3, 0.4) is 0 Å². The van der Waals surface area contributed by atoms with Crippen LogP contribution >= 0.6 is 0 Å². The maximum atomic E-state index is 11.7. The van der Waals surface area contributed by atoms with Crippen molar-refractivity contribution in [3.8, 4) is 0 Å². The van der Waals surface area contributed by atoms with Crippen LogP contribution in [0.25, 0.3) is 0 Å². The highest BCUT2D eigenvalue weighted by atomic mass is 19.4. The van der Waals surface area contributed by atoms with Crippen LogP contribution in [0.2, 0.25) is 0 Å². The number of alkyl halides is 3. The van der Waals surface area contributed by atoms with E-state index in [2.05, 4.69) is 24.1 Å². The van der Waals surface area contributed by atoms with Gasteiger partial charge in [-0.1, -0.05) is 13.8 Å². The predicted molar refractivity (Wildman–Crippen MR) is 75.8 cm³/mol. The molecular formula is C14H23F3N2O4. The van der Waals surface area contributed by atoms with E-state index in [-0.39, 0.29) is 24.0 Å². The number of carbonyl (C=O) groups is 2. The minimum absolute atomic E-state index is 0.0622. The molecule has 0 aromatic heterocycles. The average molecular weight is 340 g/mol. The number of halogens is 3. The second kappa shape index (κ2) is 7.96. The molecule has 2 heterocycles. The zero-order valence-electron chi connectivity index (χ0n) is 13.4. The molecule has 2 aliphatic rings. The lowest BCUT2D eigenvalue weighted by atomic mass is 10.00. The Bertz CT molecular complexity index is 429. The van der Waals surface area contributed by atoms with E-state index in [0.717, 1.165) is 26.1 Å². The number of carbonyl (C=O) groups excluding carboxylic acids is 1. The SMILES string of the molecule is CNC(=O)C1CC2CN(CC(C)C)CC1O2.O=C(O)C(F)(F)F. The van der Waals surface area contributed by atoms with Crippen molar-refractivity contribution >= 4 is 11.9 Å². The number of aliphatic carboxylic acids is 1. The Hall–Kier alpha value is -1.35. The van der Waals surface area contributed by atoms with Crippen molar-refractivity contribution in [2.24, 2.45) is 11.8 Å². The molecule has 2 fully saturated rings. The minimum Gasteiger partial charge on any atom is -0.475 e. The van der Waals surface area contributed by atoms with Gasteiger partial charge < -0.3 is 15.2 Å². The van der Waals surface area contributed by atoms with Crippen LogP contribution in [-0.2, 0) is 14.3 Å². The van der Waals surface area contributed by atoms with Crippen molar-refractivity contribution in [2.75, 3.05) is 26.7 Å². The lowest BCUT2D eigenvalue weighted by Gasteiger charge is -2.33. The van der Waals surface area contributed by atoms with Gasteiger partial charge in [-0.3, -0.25) is 9.69 Å². The number of carboxylic acids is 1. The fourth-order valence-corrected chi connectivity index (χ4v) is 2.86. The van der Waals surface area contributed by atoms with Gasteiger partial charge in [-0.2, -0.15) is 13.2 Å². The molecule has 0 spiro atoms. The van der Waals surface area contributed by atoms with Crippen molar-refractivity contribution in [1.29, 1.82) is 0 Å². The number of amides is 1. The summed E-state index contributed by atoms with van der Waals surface area (Å²) in [4.78, 5) is 23.0. The van der Waals surface area contributed by atoms with Gasteiger partial charge in [0.15, 0.2) is 0 Å². The summed E-state index contributed by atoms with van der Waals surface area (Å²) in [6.07, 6.45) is -3.82. The van der Waals surface area contributed by atoms with Gasteiger partial charge in [0.2, 0.25) is 5.91 Å². The lowest BCUT2D eigenvalue weighted by molar-refractivity contribution is -0.192. The largest absolute Gasteiger partial charge is 0.490 e. The molecule has 6 nitrogen and oxygen atoms in total. The van der Waals surface area contributed by atoms with Crippen LogP contribution < -0.4 is 5.32 Å². The number of fused-ring (bicyclic) bond motifs is 2. The van der Waals surface area contributed by atoms with E-state index in [0.29, 0.717) is 5.92 Å². The van der Waals surface area contributed by atoms with Crippen molar-refractivity contribution < 1.29 is 32.6 Å². The summed E-state index contributed by atoms with van der Waals surface area (Å²) in [6, 6.07) is 0. The van der Waals surface area contributed by atoms with E-state index in [4.69, 9.17) is 14.6 Å². The summed E-state index contributed by atoms with van der Waals surface area (Å²) in [6.45, 7) is 7.47. The lowest BCUT2D eigenvalue weighted by Crippen LogP contribution is -2.46. The second-order valence-electron chi connectivity index (χ2n) is 6.17. The molecule has 23 heavy (non-hydrogen) atoms. The standard InChI is InChI=1S/C12H22N2O2.C2HF3O2/c1-8(2)5-14-6-9-4-10(12(15)13-3)11(7-14)16-9;3-2(4,5)1(6)7/h8-11H,4-7H2,1-3H3,(H,13,15);(H,6,7). The monoisotopic (exact) mass is 340 g/mol. The first kappa shape index (κ1) is 19.7. The molecule has 0 aliphatic carbocycles.